The zero-order valence-corrected chi connectivity index (χ0v) is 9.72. The van der Waals surface area contributed by atoms with E-state index >= 15 is 0 Å². The molecule has 0 atom stereocenters. The highest BCUT2D eigenvalue weighted by Gasteiger charge is 2.19. The van der Waals surface area contributed by atoms with Crippen LogP contribution in [0.2, 0.25) is 0 Å². The first-order valence-corrected chi connectivity index (χ1v) is 5.19. The molecule has 0 N–H and O–H groups in total. The Kier molecular flexibility index (Phi) is 4.18. The van der Waals surface area contributed by atoms with E-state index in [1.165, 1.54) is 6.20 Å². The zero-order valence-electron chi connectivity index (χ0n) is 6.81. The van der Waals surface area contributed by atoms with Gasteiger partial charge < -0.3 is 0 Å². The van der Waals surface area contributed by atoms with E-state index in [0.717, 1.165) is 0 Å². The summed E-state index contributed by atoms with van der Waals surface area (Å²) in [5.41, 5.74) is -0.189. The molecule has 14 heavy (non-hydrogen) atoms. The molecule has 0 saturated carbocycles. The molecule has 0 radical (unpaired) electrons. The largest absolute Gasteiger partial charge is 0.298 e. The van der Waals surface area contributed by atoms with Crippen molar-refractivity contribution in [3.63, 3.8) is 0 Å². The summed E-state index contributed by atoms with van der Waals surface area (Å²) in [5, 5.41) is 0. The Morgan fingerprint density at radius 2 is 2.29 bits per heavy atom. The first-order chi connectivity index (χ1) is 6.61. The zero-order chi connectivity index (χ0) is 10.7. The van der Waals surface area contributed by atoms with E-state index < -0.39 is 6.43 Å². The highest BCUT2D eigenvalue weighted by atomic mass is 127. The predicted octanol–water partition coefficient (Wildman–Crippen LogP) is 3.18. The van der Waals surface area contributed by atoms with Crippen molar-refractivity contribution in [3.8, 4) is 0 Å². The Hall–Kier alpha value is -0.300. The Bertz CT molecular complexity index is 359. The maximum atomic E-state index is 12.6. The van der Waals surface area contributed by atoms with Gasteiger partial charge in [-0.2, -0.15) is 0 Å². The van der Waals surface area contributed by atoms with E-state index in [9.17, 15) is 13.6 Å². The van der Waals surface area contributed by atoms with Crippen molar-refractivity contribution < 1.29 is 13.6 Å². The van der Waals surface area contributed by atoms with Gasteiger partial charge in [0.05, 0.1) is 11.6 Å². The number of aldehydes is 1. The molecule has 1 aromatic heterocycles. The van der Waals surface area contributed by atoms with Crippen molar-refractivity contribution in [3.05, 3.63) is 26.6 Å². The molecule has 0 bridgehead atoms. The fourth-order valence-electron chi connectivity index (χ4n) is 1.02. The number of hydrogen-bond donors (Lipinski definition) is 0. The second-order valence-electron chi connectivity index (χ2n) is 2.43. The Morgan fingerprint density at radius 3 is 2.71 bits per heavy atom. The number of nitrogens with zero attached hydrogens (tertiary/aromatic N) is 1. The molecule has 0 aromatic carbocycles. The maximum Gasteiger partial charge on any atom is 0.265 e. The molecule has 2 nitrogen and oxygen atoms in total. The van der Waals surface area contributed by atoms with E-state index in [1.807, 2.05) is 0 Å². The fraction of sp³-hybridized carbons (Fsp3) is 0.250. The molecule has 0 saturated heterocycles. The molecule has 1 rings (SSSR count). The van der Waals surface area contributed by atoms with E-state index in [2.05, 4.69) is 4.98 Å². The lowest BCUT2D eigenvalue weighted by atomic mass is 10.1. The summed E-state index contributed by atoms with van der Waals surface area (Å²) in [7, 11) is 0. The summed E-state index contributed by atoms with van der Waals surface area (Å²) in [5.74, 6) is -0.0509. The number of rotatable bonds is 3. The van der Waals surface area contributed by atoms with Crippen LogP contribution < -0.4 is 0 Å². The van der Waals surface area contributed by atoms with Gasteiger partial charge in [0.1, 0.15) is 0 Å². The molecule has 1 heterocycles. The summed E-state index contributed by atoms with van der Waals surface area (Å²) in [4.78, 5) is 14.4. The van der Waals surface area contributed by atoms with Crippen LogP contribution in [0.3, 0.4) is 0 Å². The van der Waals surface area contributed by atoms with E-state index in [1.54, 1.807) is 22.6 Å². The van der Waals surface area contributed by atoms with E-state index in [4.69, 9.17) is 11.6 Å². The number of halogens is 4. The van der Waals surface area contributed by atoms with Gasteiger partial charge in [0.25, 0.3) is 6.43 Å². The van der Waals surface area contributed by atoms with Gasteiger partial charge in [0.15, 0.2) is 6.29 Å². The van der Waals surface area contributed by atoms with Gasteiger partial charge in [0, 0.05) is 20.9 Å². The predicted molar refractivity (Wildman–Crippen MR) is 56.9 cm³/mol. The average Bonchev–Trinajstić information content (AvgIpc) is 2.16. The maximum absolute atomic E-state index is 12.6. The van der Waals surface area contributed by atoms with Crippen LogP contribution in [0, 0.1) is 3.57 Å². The molecular formula is C8H5ClF2INO. The number of alkyl halides is 3. The summed E-state index contributed by atoms with van der Waals surface area (Å²) in [6.45, 7) is 0. The second-order valence-corrected chi connectivity index (χ2v) is 3.86. The van der Waals surface area contributed by atoms with Gasteiger partial charge in [-0.25, -0.2) is 8.78 Å². The van der Waals surface area contributed by atoms with Gasteiger partial charge in [0.2, 0.25) is 0 Å². The number of pyridine rings is 1. The summed E-state index contributed by atoms with van der Waals surface area (Å²) in [6, 6.07) is 0. The molecule has 0 unspecified atom stereocenters. The normalized spacial score (nSPS) is 10.6. The highest BCUT2D eigenvalue weighted by molar-refractivity contribution is 14.1. The molecule has 0 aliphatic heterocycles. The van der Waals surface area contributed by atoms with Crippen LogP contribution in [0.4, 0.5) is 8.78 Å². The number of hydrogen-bond acceptors (Lipinski definition) is 2. The van der Waals surface area contributed by atoms with E-state index in [0.29, 0.717) is 6.29 Å². The first kappa shape index (κ1) is 11.8. The van der Waals surface area contributed by atoms with Gasteiger partial charge in [-0.1, -0.05) is 0 Å². The second kappa shape index (κ2) is 4.97. The SMILES string of the molecule is O=Cc1c(CCl)ncc(I)c1C(F)F. The summed E-state index contributed by atoms with van der Waals surface area (Å²) >= 11 is 7.18. The minimum atomic E-state index is -2.69. The summed E-state index contributed by atoms with van der Waals surface area (Å²) < 4.78 is 25.4. The van der Waals surface area contributed by atoms with Crippen molar-refractivity contribution in [2.75, 3.05) is 0 Å². The van der Waals surface area contributed by atoms with Crippen LogP contribution in [-0.2, 0) is 5.88 Å². The van der Waals surface area contributed by atoms with Crippen LogP contribution in [0.5, 0.6) is 0 Å². The van der Waals surface area contributed by atoms with Crippen LogP contribution in [0.1, 0.15) is 28.0 Å². The fourth-order valence-corrected chi connectivity index (χ4v) is 1.90. The van der Waals surface area contributed by atoms with Crippen molar-refractivity contribution in [2.45, 2.75) is 12.3 Å². The van der Waals surface area contributed by atoms with Crippen LogP contribution in [0.15, 0.2) is 6.20 Å². The van der Waals surface area contributed by atoms with Crippen molar-refractivity contribution in [1.29, 1.82) is 0 Å². The minimum Gasteiger partial charge on any atom is -0.298 e. The Balaban J connectivity index is 3.42. The van der Waals surface area contributed by atoms with Crippen LogP contribution in [0.25, 0.3) is 0 Å². The molecular weight excluding hydrogens is 326 g/mol. The third-order valence-electron chi connectivity index (χ3n) is 1.65. The first-order valence-electron chi connectivity index (χ1n) is 3.58. The molecule has 76 valence electrons. The molecule has 0 fully saturated rings. The third kappa shape index (κ3) is 2.20. The molecule has 0 aliphatic rings. The number of carbonyl (C=O) groups excluding carboxylic acids is 1. The molecule has 1 aromatic rings. The summed E-state index contributed by atoms with van der Waals surface area (Å²) in [6.07, 6.45) is -1.03. The lowest BCUT2D eigenvalue weighted by Crippen LogP contribution is -2.04. The Morgan fingerprint density at radius 1 is 1.64 bits per heavy atom. The van der Waals surface area contributed by atoms with Gasteiger partial charge >= 0.3 is 0 Å². The quantitative estimate of drug-likeness (QED) is 0.484. The van der Waals surface area contributed by atoms with Gasteiger partial charge in [-0.3, -0.25) is 9.78 Å². The standard InChI is InChI=1S/C8H5ClF2INO/c9-1-6-4(3-14)7(8(10)11)5(12)2-13-6/h2-3,8H,1H2. The minimum absolute atomic E-state index is 0.0509. The van der Waals surface area contributed by atoms with Gasteiger partial charge in [-0.15, -0.1) is 11.6 Å². The van der Waals surface area contributed by atoms with Crippen molar-refractivity contribution >= 4 is 40.5 Å². The monoisotopic (exact) mass is 331 g/mol. The molecule has 6 heteroatoms. The van der Waals surface area contributed by atoms with Gasteiger partial charge in [-0.05, 0) is 22.6 Å². The topological polar surface area (TPSA) is 30.0 Å². The smallest absolute Gasteiger partial charge is 0.265 e. The molecule has 0 spiro atoms. The molecule has 0 amide bonds. The van der Waals surface area contributed by atoms with Crippen molar-refractivity contribution in [1.82, 2.24) is 4.98 Å². The lowest BCUT2D eigenvalue weighted by molar-refractivity contribution is 0.110. The number of aromatic nitrogens is 1. The van der Waals surface area contributed by atoms with Crippen LogP contribution >= 0.6 is 34.2 Å². The molecule has 0 aliphatic carbocycles. The van der Waals surface area contributed by atoms with E-state index in [-0.39, 0.29) is 26.3 Å². The lowest BCUT2D eigenvalue weighted by Gasteiger charge is -2.08. The average molecular weight is 331 g/mol. The third-order valence-corrected chi connectivity index (χ3v) is 2.77. The van der Waals surface area contributed by atoms with Crippen LogP contribution in [-0.4, -0.2) is 11.3 Å². The number of carbonyl (C=O) groups is 1. The highest BCUT2D eigenvalue weighted by Crippen LogP contribution is 2.28. The Labute approximate surface area is 97.8 Å². The van der Waals surface area contributed by atoms with Crippen molar-refractivity contribution in [2.24, 2.45) is 0 Å².